The Kier molecular flexibility index (Phi) is 8.22. The summed E-state index contributed by atoms with van der Waals surface area (Å²) in [7, 11) is 0. The van der Waals surface area contributed by atoms with Crippen LogP contribution in [0.2, 0.25) is 0 Å². The second-order valence-electron chi connectivity index (χ2n) is 7.80. The van der Waals surface area contributed by atoms with Gasteiger partial charge in [-0.1, -0.05) is 36.9 Å². The van der Waals surface area contributed by atoms with Crippen LogP contribution in [0.25, 0.3) is 0 Å². The van der Waals surface area contributed by atoms with E-state index in [1.54, 1.807) is 44.2 Å². The Morgan fingerprint density at radius 2 is 1.83 bits per heavy atom. The standard InChI is InChI=1S/C27H25F2N3O4/c1-4-13-36-26(33)21-16(3)32(20-8-6-7-19(14-20)24(28)29)25(31)23(27(34)35-5-2)22(21)18-11-9-17(15-30)10-12-18/h4,6-12,14,22,24H,1,5,13,31H2,2-3H3. The van der Waals surface area contributed by atoms with Crippen LogP contribution >= 0.6 is 0 Å². The lowest BCUT2D eigenvalue weighted by atomic mass is 9.80. The first kappa shape index (κ1) is 26.2. The third-order valence-electron chi connectivity index (χ3n) is 5.62. The van der Waals surface area contributed by atoms with Gasteiger partial charge in [-0.15, -0.1) is 0 Å². The van der Waals surface area contributed by atoms with Gasteiger partial charge < -0.3 is 20.1 Å². The van der Waals surface area contributed by atoms with E-state index in [2.05, 4.69) is 6.58 Å². The predicted octanol–water partition coefficient (Wildman–Crippen LogP) is 4.84. The lowest BCUT2D eigenvalue weighted by Gasteiger charge is -2.37. The quantitative estimate of drug-likeness (QED) is 0.414. The number of carbonyl (C=O) groups is 2. The van der Waals surface area contributed by atoms with Crippen molar-refractivity contribution in [3.05, 3.63) is 101 Å². The summed E-state index contributed by atoms with van der Waals surface area (Å²) >= 11 is 0. The molecule has 2 aromatic rings. The highest BCUT2D eigenvalue weighted by molar-refractivity contribution is 6.01. The fraction of sp³-hybridized carbons (Fsp3) is 0.222. The summed E-state index contributed by atoms with van der Waals surface area (Å²) in [5.74, 6) is -2.59. The van der Waals surface area contributed by atoms with Crippen molar-refractivity contribution >= 4 is 17.6 Å². The number of carbonyl (C=O) groups excluding carboxylic acids is 2. The van der Waals surface area contributed by atoms with Gasteiger partial charge in [0.05, 0.1) is 35.3 Å². The van der Waals surface area contributed by atoms with E-state index >= 15 is 0 Å². The number of nitriles is 1. The monoisotopic (exact) mass is 493 g/mol. The van der Waals surface area contributed by atoms with Gasteiger partial charge in [0, 0.05) is 16.9 Å². The maximum atomic E-state index is 13.4. The van der Waals surface area contributed by atoms with Crippen molar-refractivity contribution in [2.45, 2.75) is 26.2 Å². The first-order valence-electron chi connectivity index (χ1n) is 11.1. The number of halogens is 2. The number of alkyl halides is 2. The van der Waals surface area contributed by atoms with Gasteiger partial charge in [0.25, 0.3) is 6.43 Å². The van der Waals surface area contributed by atoms with Gasteiger partial charge in [0.2, 0.25) is 0 Å². The van der Waals surface area contributed by atoms with Crippen molar-refractivity contribution in [1.82, 2.24) is 0 Å². The van der Waals surface area contributed by atoms with Crippen molar-refractivity contribution in [2.24, 2.45) is 5.73 Å². The van der Waals surface area contributed by atoms with E-state index in [9.17, 15) is 23.6 Å². The van der Waals surface area contributed by atoms with E-state index in [4.69, 9.17) is 15.2 Å². The van der Waals surface area contributed by atoms with Crippen molar-refractivity contribution in [2.75, 3.05) is 18.1 Å². The number of esters is 2. The number of benzene rings is 2. The number of allylic oxidation sites excluding steroid dienone is 1. The van der Waals surface area contributed by atoms with Crippen LogP contribution in [0, 0.1) is 11.3 Å². The fourth-order valence-corrected chi connectivity index (χ4v) is 4.05. The summed E-state index contributed by atoms with van der Waals surface area (Å²) in [6, 6.07) is 13.8. The molecule has 2 aromatic carbocycles. The molecule has 36 heavy (non-hydrogen) atoms. The number of ether oxygens (including phenoxy) is 2. The average Bonchev–Trinajstić information content (AvgIpc) is 2.87. The Balaban J connectivity index is 2.32. The van der Waals surface area contributed by atoms with Gasteiger partial charge in [-0.2, -0.15) is 5.26 Å². The highest BCUT2D eigenvalue weighted by Gasteiger charge is 2.41. The smallest absolute Gasteiger partial charge is 0.338 e. The molecular formula is C27H25F2N3O4. The molecule has 2 N–H and O–H groups in total. The molecule has 0 bridgehead atoms. The fourth-order valence-electron chi connectivity index (χ4n) is 4.05. The Bertz CT molecular complexity index is 1280. The summed E-state index contributed by atoms with van der Waals surface area (Å²) in [6.45, 7) is 6.71. The third kappa shape index (κ3) is 5.13. The summed E-state index contributed by atoms with van der Waals surface area (Å²) in [5.41, 5.74) is 7.67. The molecule has 0 aromatic heterocycles. The number of hydrogen-bond acceptors (Lipinski definition) is 7. The molecule has 0 amide bonds. The van der Waals surface area contributed by atoms with Crippen molar-refractivity contribution in [3.8, 4) is 6.07 Å². The molecule has 7 nitrogen and oxygen atoms in total. The first-order chi connectivity index (χ1) is 17.2. The molecule has 0 radical (unpaired) electrons. The minimum atomic E-state index is -2.74. The highest BCUT2D eigenvalue weighted by Crippen LogP contribution is 2.43. The van der Waals surface area contributed by atoms with Gasteiger partial charge in [-0.25, -0.2) is 18.4 Å². The second kappa shape index (κ2) is 11.3. The van der Waals surface area contributed by atoms with E-state index in [0.29, 0.717) is 11.1 Å². The predicted molar refractivity (Wildman–Crippen MR) is 129 cm³/mol. The van der Waals surface area contributed by atoms with E-state index in [0.717, 1.165) is 0 Å². The number of rotatable bonds is 8. The van der Waals surface area contributed by atoms with Gasteiger partial charge in [0.1, 0.15) is 12.4 Å². The highest BCUT2D eigenvalue weighted by atomic mass is 19.3. The minimum absolute atomic E-state index is 0.0372. The molecular weight excluding hydrogens is 468 g/mol. The molecule has 0 saturated carbocycles. The molecule has 0 saturated heterocycles. The molecule has 1 aliphatic rings. The largest absolute Gasteiger partial charge is 0.463 e. The number of nitrogens with two attached hydrogens (primary N) is 1. The number of anilines is 1. The van der Waals surface area contributed by atoms with Gasteiger partial charge >= 0.3 is 11.9 Å². The van der Waals surface area contributed by atoms with Crippen LogP contribution in [0.15, 0.2) is 83.9 Å². The topological polar surface area (TPSA) is 106 Å². The van der Waals surface area contributed by atoms with E-state index in [1.807, 2.05) is 6.07 Å². The zero-order chi connectivity index (χ0) is 26.4. The maximum absolute atomic E-state index is 13.4. The summed E-state index contributed by atoms with van der Waals surface area (Å²) in [4.78, 5) is 27.9. The van der Waals surface area contributed by atoms with E-state index in [1.165, 1.54) is 29.2 Å². The Labute approximate surface area is 207 Å². The molecule has 0 spiro atoms. The zero-order valence-electron chi connectivity index (χ0n) is 19.8. The SMILES string of the molecule is C=CCOC(=O)C1=C(C)N(c2cccc(C(F)F)c2)C(N)=C(C(=O)OCC)C1c1ccc(C#N)cc1. The normalized spacial score (nSPS) is 15.6. The van der Waals surface area contributed by atoms with Gasteiger partial charge in [-0.05, 0) is 43.7 Å². The molecule has 0 aliphatic carbocycles. The molecule has 1 aliphatic heterocycles. The van der Waals surface area contributed by atoms with E-state index < -0.39 is 24.3 Å². The molecule has 3 rings (SSSR count). The molecule has 1 heterocycles. The van der Waals surface area contributed by atoms with Gasteiger partial charge in [-0.3, -0.25) is 0 Å². The molecule has 9 heteroatoms. The molecule has 1 atom stereocenters. The maximum Gasteiger partial charge on any atom is 0.338 e. The third-order valence-corrected chi connectivity index (χ3v) is 5.62. The van der Waals surface area contributed by atoms with E-state index in [-0.39, 0.29) is 47.1 Å². The van der Waals surface area contributed by atoms with Crippen LogP contribution in [-0.4, -0.2) is 25.2 Å². The number of hydrogen-bond donors (Lipinski definition) is 1. The summed E-state index contributed by atoms with van der Waals surface area (Å²) in [6.07, 6.45) is -1.34. The van der Waals surface area contributed by atoms with Crippen molar-refractivity contribution < 1.29 is 27.8 Å². The lowest BCUT2D eigenvalue weighted by Crippen LogP contribution is -2.39. The van der Waals surface area contributed by atoms with Crippen LogP contribution in [0.1, 0.15) is 42.9 Å². The Morgan fingerprint density at radius 3 is 2.42 bits per heavy atom. The lowest BCUT2D eigenvalue weighted by molar-refractivity contribution is -0.139. The van der Waals surface area contributed by atoms with Crippen LogP contribution < -0.4 is 10.6 Å². The Morgan fingerprint density at radius 1 is 1.17 bits per heavy atom. The summed E-state index contributed by atoms with van der Waals surface area (Å²) < 4.78 is 37.5. The van der Waals surface area contributed by atoms with Crippen molar-refractivity contribution in [1.29, 1.82) is 5.26 Å². The molecule has 186 valence electrons. The zero-order valence-corrected chi connectivity index (χ0v) is 19.8. The van der Waals surface area contributed by atoms with Crippen LogP contribution in [0.3, 0.4) is 0 Å². The van der Waals surface area contributed by atoms with Gasteiger partial charge in [0.15, 0.2) is 0 Å². The molecule has 0 fully saturated rings. The number of nitrogens with zero attached hydrogens (tertiary/aromatic N) is 2. The van der Waals surface area contributed by atoms with Crippen LogP contribution in [-0.2, 0) is 19.1 Å². The van der Waals surface area contributed by atoms with Crippen LogP contribution in [0.5, 0.6) is 0 Å². The average molecular weight is 494 g/mol. The van der Waals surface area contributed by atoms with Crippen LogP contribution in [0.4, 0.5) is 14.5 Å². The summed E-state index contributed by atoms with van der Waals surface area (Å²) in [5, 5.41) is 9.19. The first-order valence-corrected chi connectivity index (χ1v) is 11.1. The Hall–Kier alpha value is -4.45. The second-order valence-corrected chi connectivity index (χ2v) is 7.80. The minimum Gasteiger partial charge on any atom is -0.463 e. The van der Waals surface area contributed by atoms with Crippen molar-refractivity contribution in [3.63, 3.8) is 0 Å². The molecule has 1 unspecified atom stereocenters.